The van der Waals surface area contributed by atoms with Crippen LogP contribution in [-0.4, -0.2) is 53.4 Å². The van der Waals surface area contributed by atoms with E-state index in [1.165, 1.54) is 78.8 Å². The third-order valence-corrected chi connectivity index (χ3v) is 7.60. The topological polar surface area (TPSA) is 170 Å². The molecular formula is C30H27FN4O8S2. The van der Waals surface area contributed by atoms with Crippen molar-refractivity contribution >= 4 is 45.8 Å². The molecule has 3 aromatic carbocycles. The van der Waals surface area contributed by atoms with E-state index >= 15 is 0 Å². The molecule has 45 heavy (non-hydrogen) atoms. The molecule has 0 aliphatic carbocycles. The van der Waals surface area contributed by atoms with Gasteiger partial charge >= 0.3 is 17.9 Å². The molecule has 4 rings (SSSR count). The highest BCUT2D eigenvalue weighted by Crippen LogP contribution is 2.30. The lowest BCUT2D eigenvalue weighted by atomic mass is 10.2. The Hall–Kier alpha value is -4.86. The maximum Gasteiger partial charge on any atom is 0.330 e. The Balaban J connectivity index is 1.36. The number of sulfonamides is 1. The SMILES string of the molecule is CC(=O)Oc1ccc(/C=C/C(=O)OCCCSc2nc(-c3ccc(S(N)(=O)=O)cc3)n(-c3ccc(F)cc3)n2)cc1OC(C)=O. The first kappa shape index (κ1) is 33.0. The normalized spacial score (nSPS) is 11.4. The number of aromatic nitrogens is 3. The zero-order valence-electron chi connectivity index (χ0n) is 24.0. The zero-order chi connectivity index (χ0) is 32.6. The highest BCUT2D eigenvalue weighted by Gasteiger charge is 2.16. The van der Waals surface area contributed by atoms with Gasteiger partial charge in [0.25, 0.3) is 0 Å². The third kappa shape index (κ3) is 9.56. The lowest BCUT2D eigenvalue weighted by Gasteiger charge is -2.09. The van der Waals surface area contributed by atoms with Crippen molar-refractivity contribution in [3.63, 3.8) is 0 Å². The molecule has 1 heterocycles. The minimum atomic E-state index is -3.88. The number of benzene rings is 3. The molecule has 0 aliphatic rings. The van der Waals surface area contributed by atoms with E-state index in [9.17, 15) is 27.2 Å². The molecule has 4 aromatic rings. The Kier molecular flexibility index (Phi) is 10.8. The van der Waals surface area contributed by atoms with Crippen molar-refractivity contribution in [2.75, 3.05) is 12.4 Å². The fourth-order valence-electron chi connectivity index (χ4n) is 3.81. The largest absolute Gasteiger partial charge is 0.462 e. The number of hydrogen-bond acceptors (Lipinski definition) is 11. The second-order valence-corrected chi connectivity index (χ2v) is 11.9. The molecule has 0 bridgehead atoms. The van der Waals surface area contributed by atoms with Gasteiger partial charge in [-0.05, 0) is 78.7 Å². The standard InChI is InChI=1S/C30H27FN4O8S2/c1-19(36)42-26-14-4-21(18-27(26)43-20(2)37)5-15-28(38)41-16-3-17-44-30-33-29(22-6-12-25(13-7-22)45(32,39)40)35(34-30)24-10-8-23(31)9-11-24/h4-15,18H,3,16-17H2,1-2H3,(H2,32,39,40)/b15-5+. The average Bonchev–Trinajstić information content (AvgIpc) is 3.40. The predicted octanol–water partition coefficient (Wildman–Crippen LogP) is 4.31. The second-order valence-electron chi connectivity index (χ2n) is 9.27. The van der Waals surface area contributed by atoms with Crippen molar-refractivity contribution in [3.8, 4) is 28.6 Å². The van der Waals surface area contributed by atoms with Crippen LogP contribution in [0.2, 0.25) is 0 Å². The Labute approximate surface area is 262 Å². The number of carbonyl (C=O) groups is 3. The summed E-state index contributed by atoms with van der Waals surface area (Å²) < 4.78 is 53.7. The summed E-state index contributed by atoms with van der Waals surface area (Å²) in [5.41, 5.74) is 1.61. The Morgan fingerprint density at radius 2 is 1.62 bits per heavy atom. The molecule has 12 nitrogen and oxygen atoms in total. The van der Waals surface area contributed by atoms with E-state index < -0.39 is 33.7 Å². The van der Waals surface area contributed by atoms with Gasteiger partial charge in [0, 0.05) is 31.2 Å². The van der Waals surface area contributed by atoms with Crippen LogP contribution >= 0.6 is 11.8 Å². The molecule has 0 aliphatic heterocycles. The average molecular weight is 655 g/mol. The summed E-state index contributed by atoms with van der Waals surface area (Å²) in [7, 11) is -3.88. The van der Waals surface area contributed by atoms with Crippen molar-refractivity contribution < 1.29 is 41.4 Å². The number of halogens is 1. The monoisotopic (exact) mass is 654 g/mol. The van der Waals surface area contributed by atoms with E-state index in [4.69, 9.17) is 19.3 Å². The van der Waals surface area contributed by atoms with E-state index in [1.54, 1.807) is 30.3 Å². The number of rotatable bonds is 12. The number of nitrogens with zero attached hydrogens (tertiary/aromatic N) is 3. The summed E-state index contributed by atoms with van der Waals surface area (Å²) in [6, 6.07) is 16.0. The third-order valence-electron chi connectivity index (χ3n) is 5.75. The molecule has 234 valence electrons. The van der Waals surface area contributed by atoms with Crippen LogP contribution in [0.4, 0.5) is 4.39 Å². The van der Waals surface area contributed by atoms with Crippen molar-refractivity contribution in [3.05, 3.63) is 84.2 Å². The molecule has 0 atom stereocenters. The van der Waals surface area contributed by atoms with Crippen LogP contribution in [0.3, 0.4) is 0 Å². The zero-order valence-corrected chi connectivity index (χ0v) is 25.6. The number of primary sulfonamides is 1. The highest BCUT2D eigenvalue weighted by molar-refractivity contribution is 7.99. The van der Waals surface area contributed by atoms with E-state index in [2.05, 4.69) is 10.1 Å². The van der Waals surface area contributed by atoms with Gasteiger partial charge in [-0.25, -0.2) is 32.4 Å². The van der Waals surface area contributed by atoms with Gasteiger partial charge in [0.2, 0.25) is 15.2 Å². The van der Waals surface area contributed by atoms with Gasteiger partial charge in [0.05, 0.1) is 17.2 Å². The molecule has 0 radical (unpaired) electrons. The molecule has 1 aromatic heterocycles. The van der Waals surface area contributed by atoms with Crippen molar-refractivity contribution in [2.45, 2.75) is 30.3 Å². The second kappa shape index (κ2) is 14.7. The predicted molar refractivity (Wildman–Crippen MR) is 163 cm³/mol. The Bertz CT molecular complexity index is 1840. The molecule has 0 unspecified atom stereocenters. The molecule has 0 amide bonds. The van der Waals surface area contributed by atoms with E-state index in [0.29, 0.717) is 40.0 Å². The van der Waals surface area contributed by atoms with Gasteiger partial charge < -0.3 is 14.2 Å². The van der Waals surface area contributed by atoms with Gasteiger partial charge in [-0.3, -0.25) is 9.59 Å². The summed E-state index contributed by atoms with van der Waals surface area (Å²) in [6.07, 6.45) is 3.15. The number of thioether (sulfide) groups is 1. The van der Waals surface area contributed by atoms with Crippen molar-refractivity contribution in [1.29, 1.82) is 0 Å². The summed E-state index contributed by atoms with van der Waals surface area (Å²) in [6.45, 7) is 2.54. The van der Waals surface area contributed by atoms with Crippen LogP contribution in [0.1, 0.15) is 25.8 Å². The quantitative estimate of drug-likeness (QED) is 0.0759. The number of nitrogens with two attached hydrogens (primary N) is 1. The summed E-state index contributed by atoms with van der Waals surface area (Å²) in [5, 5.41) is 10.1. The van der Waals surface area contributed by atoms with Crippen LogP contribution in [-0.2, 0) is 29.1 Å². The Morgan fingerprint density at radius 3 is 2.27 bits per heavy atom. The molecule has 0 fully saturated rings. The maximum atomic E-state index is 13.5. The molecule has 15 heteroatoms. The minimum absolute atomic E-state index is 0.0319. The van der Waals surface area contributed by atoms with Gasteiger partial charge in [-0.1, -0.05) is 17.8 Å². The van der Waals surface area contributed by atoms with Gasteiger partial charge in [-0.2, -0.15) is 0 Å². The molecule has 0 saturated carbocycles. The lowest BCUT2D eigenvalue weighted by Crippen LogP contribution is -2.11. The summed E-state index contributed by atoms with van der Waals surface area (Å²) >= 11 is 1.31. The van der Waals surface area contributed by atoms with Crippen molar-refractivity contribution in [1.82, 2.24) is 14.8 Å². The van der Waals surface area contributed by atoms with E-state index in [0.717, 1.165) is 0 Å². The van der Waals surface area contributed by atoms with Crippen molar-refractivity contribution in [2.24, 2.45) is 5.14 Å². The first-order valence-corrected chi connectivity index (χ1v) is 15.8. The molecule has 0 saturated heterocycles. The molecular weight excluding hydrogens is 627 g/mol. The molecule has 2 N–H and O–H groups in total. The van der Waals surface area contributed by atoms with Gasteiger partial charge in [0.15, 0.2) is 17.3 Å². The smallest absolute Gasteiger partial charge is 0.330 e. The lowest BCUT2D eigenvalue weighted by molar-refractivity contribution is -0.137. The summed E-state index contributed by atoms with van der Waals surface area (Å²) in [4.78, 5) is 39.4. The number of carbonyl (C=O) groups excluding carboxylic acids is 3. The van der Waals surface area contributed by atoms with Crippen LogP contribution in [0.25, 0.3) is 23.2 Å². The van der Waals surface area contributed by atoms with Crippen LogP contribution in [0.15, 0.2) is 82.9 Å². The van der Waals surface area contributed by atoms with Gasteiger partial charge in [0.1, 0.15) is 5.82 Å². The highest BCUT2D eigenvalue weighted by atomic mass is 32.2. The van der Waals surface area contributed by atoms with E-state index in [1.807, 2.05) is 0 Å². The first-order chi connectivity index (χ1) is 21.4. The maximum absolute atomic E-state index is 13.5. The number of hydrogen-bond donors (Lipinski definition) is 1. The number of ether oxygens (including phenoxy) is 3. The van der Waals surface area contributed by atoms with Crippen LogP contribution in [0.5, 0.6) is 11.5 Å². The first-order valence-electron chi connectivity index (χ1n) is 13.2. The Morgan fingerprint density at radius 1 is 0.956 bits per heavy atom. The van der Waals surface area contributed by atoms with Crippen LogP contribution in [0, 0.1) is 5.82 Å². The molecule has 0 spiro atoms. The van der Waals surface area contributed by atoms with Gasteiger partial charge in [-0.15, -0.1) is 5.10 Å². The minimum Gasteiger partial charge on any atom is -0.462 e. The summed E-state index contributed by atoms with van der Waals surface area (Å²) in [5.74, 6) is -1.19. The fourth-order valence-corrected chi connectivity index (χ4v) is 5.06. The van der Waals surface area contributed by atoms with E-state index in [-0.39, 0.29) is 23.0 Å². The fraction of sp³-hybridized carbons (Fsp3) is 0.167. The number of esters is 3. The van der Waals surface area contributed by atoms with Crippen LogP contribution < -0.4 is 14.6 Å².